The maximum Gasteiger partial charge on any atom is 0.167 e. The number of rotatable bonds is 10. The van der Waals surface area contributed by atoms with Crippen molar-refractivity contribution in [2.24, 2.45) is 0 Å². The van der Waals surface area contributed by atoms with Gasteiger partial charge in [0.25, 0.3) is 0 Å². The second-order valence-corrected chi connectivity index (χ2v) is 5.43. The molecule has 1 aromatic rings. The topological polar surface area (TPSA) is 55.6 Å². The van der Waals surface area contributed by atoms with Crippen molar-refractivity contribution in [2.45, 2.75) is 52.1 Å². The van der Waals surface area contributed by atoms with Gasteiger partial charge in [0, 0.05) is 6.54 Å². The summed E-state index contributed by atoms with van der Waals surface area (Å²) in [4.78, 5) is 0. The Labute approximate surface area is 114 Å². The van der Waals surface area contributed by atoms with E-state index in [0.29, 0.717) is 0 Å². The molecule has 0 bridgehead atoms. The van der Waals surface area contributed by atoms with Gasteiger partial charge in [0.15, 0.2) is 5.82 Å². The third-order valence-electron chi connectivity index (χ3n) is 2.93. The number of nitrogens with zero attached hydrogens (tertiary/aromatic N) is 4. The quantitative estimate of drug-likeness (QED) is 0.662. The largest absolute Gasteiger partial charge is 0.308 e. The average Bonchev–Trinajstić information content (AvgIpc) is 2.82. The van der Waals surface area contributed by atoms with E-state index in [1.807, 2.05) is 16.4 Å². The number of hydrogen-bond acceptors (Lipinski definition) is 5. The van der Waals surface area contributed by atoms with Crippen LogP contribution in [0.4, 0.5) is 0 Å². The zero-order chi connectivity index (χ0) is 13.2. The fourth-order valence-electron chi connectivity index (χ4n) is 1.94. The van der Waals surface area contributed by atoms with E-state index in [0.717, 1.165) is 25.3 Å². The van der Waals surface area contributed by atoms with Gasteiger partial charge in [-0.05, 0) is 48.7 Å². The molecule has 0 aliphatic carbocycles. The van der Waals surface area contributed by atoms with Gasteiger partial charge in [-0.1, -0.05) is 19.8 Å². The van der Waals surface area contributed by atoms with Crippen molar-refractivity contribution in [3.63, 3.8) is 0 Å². The van der Waals surface area contributed by atoms with Crippen LogP contribution in [0.3, 0.4) is 0 Å². The number of aromatic nitrogens is 4. The van der Waals surface area contributed by atoms with Gasteiger partial charge in [-0.15, -0.1) is 5.10 Å². The van der Waals surface area contributed by atoms with E-state index in [1.54, 1.807) is 0 Å². The summed E-state index contributed by atoms with van der Waals surface area (Å²) in [5, 5.41) is 15.3. The molecular weight excluding hydrogens is 246 g/mol. The third kappa shape index (κ3) is 5.35. The number of tetrazole rings is 1. The van der Waals surface area contributed by atoms with Crippen molar-refractivity contribution in [1.82, 2.24) is 25.5 Å². The molecule has 18 heavy (non-hydrogen) atoms. The van der Waals surface area contributed by atoms with Crippen molar-refractivity contribution in [3.05, 3.63) is 5.82 Å². The molecule has 1 unspecified atom stereocenters. The molecule has 0 spiro atoms. The Morgan fingerprint density at radius 2 is 2.06 bits per heavy atom. The SMILES string of the molecule is CCNC(C)c1nnnn1CCCCCCSC. The van der Waals surface area contributed by atoms with Crippen LogP contribution < -0.4 is 5.32 Å². The lowest BCUT2D eigenvalue weighted by Crippen LogP contribution is -2.22. The molecule has 0 radical (unpaired) electrons. The van der Waals surface area contributed by atoms with E-state index in [4.69, 9.17) is 0 Å². The minimum Gasteiger partial charge on any atom is -0.308 e. The molecule has 0 amide bonds. The molecule has 0 saturated heterocycles. The van der Waals surface area contributed by atoms with E-state index >= 15 is 0 Å². The standard InChI is InChI=1S/C12H25N5S/c1-4-13-11(2)12-14-15-16-17(12)9-7-5-6-8-10-18-3/h11,13H,4-10H2,1-3H3. The second kappa shape index (κ2) is 9.33. The molecule has 6 heteroatoms. The summed E-state index contributed by atoms with van der Waals surface area (Å²) < 4.78 is 1.93. The summed E-state index contributed by atoms with van der Waals surface area (Å²) in [5.74, 6) is 2.22. The van der Waals surface area contributed by atoms with Crippen molar-refractivity contribution in [2.75, 3.05) is 18.6 Å². The minimum absolute atomic E-state index is 0.224. The van der Waals surface area contributed by atoms with Gasteiger partial charge in [-0.3, -0.25) is 0 Å². The molecule has 0 aromatic carbocycles. The van der Waals surface area contributed by atoms with Gasteiger partial charge in [0.2, 0.25) is 0 Å². The van der Waals surface area contributed by atoms with Crippen LogP contribution in [0.25, 0.3) is 0 Å². The van der Waals surface area contributed by atoms with Crippen molar-refractivity contribution in [3.8, 4) is 0 Å². The van der Waals surface area contributed by atoms with E-state index in [1.165, 1.54) is 25.0 Å². The van der Waals surface area contributed by atoms with Crippen LogP contribution in [0.2, 0.25) is 0 Å². The molecule has 104 valence electrons. The Kier molecular flexibility index (Phi) is 8.00. The highest BCUT2D eigenvalue weighted by Gasteiger charge is 2.12. The van der Waals surface area contributed by atoms with Gasteiger partial charge in [-0.2, -0.15) is 11.8 Å². The van der Waals surface area contributed by atoms with Gasteiger partial charge in [-0.25, -0.2) is 4.68 Å². The summed E-state index contributed by atoms with van der Waals surface area (Å²) in [6.45, 7) is 6.06. The molecule has 1 atom stereocenters. The van der Waals surface area contributed by atoms with Crippen molar-refractivity contribution < 1.29 is 0 Å². The highest BCUT2D eigenvalue weighted by atomic mass is 32.2. The third-order valence-corrected chi connectivity index (χ3v) is 3.62. The summed E-state index contributed by atoms with van der Waals surface area (Å²) in [5.41, 5.74) is 0. The normalized spacial score (nSPS) is 12.8. The Morgan fingerprint density at radius 1 is 1.28 bits per heavy atom. The number of unbranched alkanes of at least 4 members (excludes halogenated alkanes) is 3. The molecule has 0 aliphatic rings. The van der Waals surface area contributed by atoms with E-state index in [2.05, 4.69) is 40.9 Å². The van der Waals surface area contributed by atoms with Crippen molar-refractivity contribution >= 4 is 11.8 Å². The minimum atomic E-state index is 0.224. The second-order valence-electron chi connectivity index (χ2n) is 4.45. The molecule has 0 fully saturated rings. The Morgan fingerprint density at radius 3 is 2.78 bits per heavy atom. The first-order valence-electron chi connectivity index (χ1n) is 6.78. The lowest BCUT2D eigenvalue weighted by atomic mass is 10.2. The Balaban J connectivity index is 2.27. The van der Waals surface area contributed by atoms with E-state index in [-0.39, 0.29) is 6.04 Å². The first-order chi connectivity index (χ1) is 8.79. The summed E-state index contributed by atoms with van der Waals surface area (Å²) in [6.07, 6.45) is 7.20. The predicted molar refractivity (Wildman–Crippen MR) is 76.8 cm³/mol. The molecule has 0 aliphatic heterocycles. The molecule has 1 N–H and O–H groups in total. The summed E-state index contributed by atoms with van der Waals surface area (Å²) >= 11 is 1.92. The summed E-state index contributed by atoms with van der Waals surface area (Å²) in [6, 6.07) is 0.224. The maximum atomic E-state index is 4.10. The fourth-order valence-corrected chi connectivity index (χ4v) is 2.43. The van der Waals surface area contributed by atoms with Crippen LogP contribution in [-0.4, -0.2) is 38.8 Å². The van der Waals surface area contributed by atoms with E-state index in [9.17, 15) is 0 Å². The summed E-state index contributed by atoms with van der Waals surface area (Å²) in [7, 11) is 0. The molecule has 5 nitrogen and oxygen atoms in total. The average molecular weight is 271 g/mol. The Bertz CT molecular complexity index is 315. The number of aryl methyl sites for hydroxylation is 1. The van der Waals surface area contributed by atoms with Gasteiger partial charge in [0.05, 0.1) is 6.04 Å². The van der Waals surface area contributed by atoms with Crippen LogP contribution in [0, 0.1) is 0 Å². The van der Waals surface area contributed by atoms with Crippen LogP contribution in [0.5, 0.6) is 0 Å². The molecule has 1 aromatic heterocycles. The lowest BCUT2D eigenvalue weighted by molar-refractivity contribution is 0.472. The molecule has 0 saturated carbocycles. The Hall–Kier alpha value is -0.620. The van der Waals surface area contributed by atoms with Crippen molar-refractivity contribution in [1.29, 1.82) is 0 Å². The van der Waals surface area contributed by atoms with Crippen LogP contribution in [-0.2, 0) is 6.54 Å². The van der Waals surface area contributed by atoms with Crippen LogP contribution in [0.15, 0.2) is 0 Å². The fraction of sp³-hybridized carbons (Fsp3) is 0.917. The number of hydrogen-bond donors (Lipinski definition) is 1. The van der Waals surface area contributed by atoms with Gasteiger partial charge in [0.1, 0.15) is 0 Å². The van der Waals surface area contributed by atoms with Gasteiger partial charge >= 0.3 is 0 Å². The van der Waals surface area contributed by atoms with Gasteiger partial charge < -0.3 is 5.32 Å². The predicted octanol–water partition coefficient (Wildman–Crippen LogP) is 2.27. The molecule has 1 heterocycles. The zero-order valence-electron chi connectivity index (χ0n) is 11.7. The van der Waals surface area contributed by atoms with E-state index < -0.39 is 0 Å². The lowest BCUT2D eigenvalue weighted by Gasteiger charge is -2.11. The smallest absolute Gasteiger partial charge is 0.167 e. The number of nitrogens with one attached hydrogen (secondary N) is 1. The van der Waals surface area contributed by atoms with Crippen LogP contribution >= 0.6 is 11.8 Å². The first-order valence-corrected chi connectivity index (χ1v) is 8.17. The highest BCUT2D eigenvalue weighted by molar-refractivity contribution is 7.98. The first kappa shape index (κ1) is 15.4. The number of thioether (sulfide) groups is 1. The monoisotopic (exact) mass is 271 g/mol. The maximum absolute atomic E-state index is 4.10. The zero-order valence-corrected chi connectivity index (χ0v) is 12.5. The molecule has 1 rings (SSSR count). The molecular formula is C12H25N5S. The highest BCUT2D eigenvalue weighted by Crippen LogP contribution is 2.10. The van der Waals surface area contributed by atoms with Crippen LogP contribution in [0.1, 0.15) is 51.4 Å².